The van der Waals surface area contributed by atoms with Crippen LogP contribution in [0.15, 0.2) is 108 Å². The highest BCUT2D eigenvalue weighted by molar-refractivity contribution is 7.26. The molecule has 0 saturated heterocycles. The van der Waals surface area contributed by atoms with Crippen LogP contribution in [0.3, 0.4) is 0 Å². The van der Waals surface area contributed by atoms with E-state index in [0.29, 0.717) is 0 Å². The Morgan fingerprint density at radius 3 is 2.23 bits per heavy atom. The quantitative estimate of drug-likeness (QED) is 0.182. The van der Waals surface area contributed by atoms with E-state index >= 15 is 0 Å². The average molecular weight is 705 g/mol. The first-order chi connectivity index (χ1) is 25.6. The number of aromatic amines is 1. The lowest BCUT2D eigenvalue weighted by molar-refractivity contribution is 0.332. The second-order valence-electron chi connectivity index (χ2n) is 17.0. The van der Waals surface area contributed by atoms with Gasteiger partial charge in [-0.15, -0.1) is 11.3 Å². The highest BCUT2D eigenvalue weighted by Crippen LogP contribution is 2.50. The van der Waals surface area contributed by atoms with E-state index in [2.05, 4.69) is 148 Å². The number of nitrogens with one attached hydrogen (secondary N) is 1. The zero-order chi connectivity index (χ0) is 36.0. The third-order valence-electron chi connectivity index (χ3n) is 12.7. The van der Waals surface area contributed by atoms with E-state index in [1.807, 2.05) is 17.4 Å². The van der Waals surface area contributed by atoms with Crippen LogP contribution in [-0.4, -0.2) is 12.3 Å². The van der Waals surface area contributed by atoms with Crippen molar-refractivity contribution in [3.05, 3.63) is 125 Å². The molecule has 1 aliphatic heterocycles. The van der Waals surface area contributed by atoms with E-state index in [4.69, 9.17) is 4.42 Å². The summed E-state index contributed by atoms with van der Waals surface area (Å²) in [6, 6.07) is 38.9. The first kappa shape index (κ1) is 31.3. The summed E-state index contributed by atoms with van der Waals surface area (Å²) in [7, 11) is 0.861. The van der Waals surface area contributed by atoms with E-state index in [9.17, 15) is 0 Å². The number of anilines is 3. The minimum absolute atomic E-state index is 0.102. The van der Waals surface area contributed by atoms with Crippen LogP contribution >= 0.6 is 11.3 Å². The van der Waals surface area contributed by atoms with Crippen LogP contribution in [-0.2, 0) is 10.8 Å². The minimum Gasteiger partial charge on any atom is -0.440 e. The summed E-state index contributed by atoms with van der Waals surface area (Å²) in [6.07, 6.45) is 2.39. The zero-order valence-corrected chi connectivity index (χ0v) is 32.0. The second-order valence-corrected chi connectivity index (χ2v) is 18.1. The molecule has 258 valence electrons. The largest absolute Gasteiger partial charge is 0.440 e. The molecule has 1 aliphatic carbocycles. The van der Waals surface area contributed by atoms with Gasteiger partial charge in [-0.05, 0) is 107 Å². The number of H-pyrrole nitrogens is 1. The smallest absolute Gasteiger partial charge is 0.206 e. The summed E-state index contributed by atoms with van der Waals surface area (Å²) in [5.74, 6) is 0. The molecule has 3 nitrogen and oxygen atoms in total. The van der Waals surface area contributed by atoms with Gasteiger partial charge in [0.05, 0.1) is 10.9 Å². The van der Waals surface area contributed by atoms with Gasteiger partial charge in [0.15, 0.2) is 7.28 Å². The van der Waals surface area contributed by atoms with Crippen molar-refractivity contribution in [3.63, 3.8) is 0 Å². The molecule has 5 heteroatoms. The van der Waals surface area contributed by atoms with Crippen LogP contribution in [0.5, 0.6) is 0 Å². The Balaban J connectivity index is 1.21. The first-order valence-electron chi connectivity index (χ1n) is 19.0. The molecule has 9 aromatic rings. The molecule has 2 aliphatic rings. The van der Waals surface area contributed by atoms with Gasteiger partial charge in [-0.2, -0.15) is 0 Å². The highest BCUT2D eigenvalue weighted by Gasteiger charge is 2.39. The van der Waals surface area contributed by atoms with Gasteiger partial charge in [-0.1, -0.05) is 99.9 Å². The lowest BCUT2D eigenvalue weighted by atomic mass is 9.57. The standard InChI is InChI=1S/C48H41BN2OS/c1-26-20-33(29-14-11-15-31-43-30-13-7-9-16-40(30)52-46(43)50-45(29)31)44-39(21-26)51(37-24-35-34(22-27(37)2)47(3,4)18-19-48(35,5)6)38-23-32-28-12-8-10-17-41(28)53-42(32)25-36(38)49-44/h7-17,20-25,49-50H,18-19H2,1-6H3. The van der Waals surface area contributed by atoms with Crippen LogP contribution < -0.4 is 15.8 Å². The van der Waals surface area contributed by atoms with Crippen molar-refractivity contribution in [1.29, 1.82) is 0 Å². The van der Waals surface area contributed by atoms with Crippen molar-refractivity contribution in [2.75, 3.05) is 4.90 Å². The van der Waals surface area contributed by atoms with Crippen LogP contribution in [0.25, 0.3) is 64.3 Å². The molecule has 0 atom stereocenters. The topological polar surface area (TPSA) is 32.2 Å². The maximum Gasteiger partial charge on any atom is 0.206 e. The van der Waals surface area contributed by atoms with Crippen molar-refractivity contribution in [2.45, 2.75) is 65.2 Å². The molecule has 11 rings (SSSR count). The van der Waals surface area contributed by atoms with Gasteiger partial charge in [0.25, 0.3) is 0 Å². The number of thiophene rings is 1. The third kappa shape index (κ3) is 4.41. The summed E-state index contributed by atoms with van der Waals surface area (Å²) in [5, 5.41) is 6.19. The molecule has 1 N–H and O–H groups in total. The Kier molecular flexibility index (Phi) is 6.30. The minimum atomic E-state index is 0.102. The Hall–Kier alpha value is -5.26. The Morgan fingerprint density at radius 2 is 1.40 bits per heavy atom. The molecular weight excluding hydrogens is 663 g/mol. The number of para-hydroxylation sites is 2. The first-order valence-corrected chi connectivity index (χ1v) is 19.8. The summed E-state index contributed by atoms with van der Waals surface area (Å²) >= 11 is 1.91. The van der Waals surface area contributed by atoms with Crippen molar-refractivity contribution in [2.24, 2.45) is 0 Å². The summed E-state index contributed by atoms with van der Waals surface area (Å²) in [4.78, 5) is 6.37. The lowest BCUT2D eigenvalue weighted by Gasteiger charge is -2.44. The number of hydrogen-bond donors (Lipinski definition) is 1. The molecular formula is C48H41BN2OS. The Bertz CT molecular complexity index is 3030. The van der Waals surface area contributed by atoms with Gasteiger partial charge in [-0.3, -0.25) is 0 Å². The number of fused-ring (bicyclic) bond motifs is 11. The zero-order valence-electron chi connectivity index (χ0n) is 31.2. The predicted octanol–water partition coefficient (Wildman–Crippen LogP) is 12.2. The molecule has 0 amide bonds. The number of aromatic nitrogens is 1. The maximum absolute atomic E-state index is 6.38. The van der Waals surface area contributed by atoms with Gasteiger partial charge in [0.1, 0.15) is 5.58 Å². The highest BCUT2D eigenvalue weighted by atomic mass is 32.1. The molecule has 4 heterocycles. The van der Waals surface area contributed by atoms with Crippen molar-refractivity contribution < 1.29 is 4.42 Å². The lowest BCUT2D eigenvalue weighted by Crippen LogP contribution is -2.41. The number of aryl methyl sites for hydroxylation is 2. The molecule has 0 unspecified atom stereocenters. The SMILES string of the molecule is Cc1cc(-c2cccc3c2[nH]c2oc4ccccc4c23)c2c(c1)N(c1cc3c(cc1C)C(C)(C)CCC3(C)C)c1cc3c(cc1B2)sc1ccccc13. The van der Waals surface area contributed by atoms with Crippen LogP contribution in [0.2, 0.25) is 0 Å². The van der Waals surface area contributed by atoms with Crippen molar-refractivity contribution >= 4 is 99.7 Å². The van der Waals surface area contributed by atoms with E-state index in [1.165, 1.54) is 99.8 Å². The van der Waals surface area contributed by atoms with Gasteiger partial charge in [0, 0.05) is 53.6 Å². The van der Waals surface area contributed by atoms with Crippen LogP contribution in [0.4, 0.5) is 17.1 Å². The number of furan rings is 1. The average Bonchev–Trinajstić information content (AvgIpc) is 3.81. The molecule has 0 spiro atoms. The van der Waals surface area contributed by atoms with E-state index in [-0.39, 0.29) is 10.8 Å². The van der Waals surface area contributed by atoms with Gasteiger partial charge in [0.2, 0.25) is 5.71 Å². The Labute approximate surface area is 314 Å². The monoisotopic (exact) mass is 704 g/mol. The third-order valence-corrected chi connectivity index (χ3v) is 13.8. The van der Waals surface area contributed by atoms with Gasteiger partial charge >= 0.3 is 0 Å². The van der Waals surface area contributed by atoms with Crippen LogP contribution in [0.1, 0.15) is 62.8 Å². The normalized spacial score (nSPS) is 16.0. The molecule has 53 heavy (non-hydrogen) atoms. The fourth-order valence-electron chi connectivity index (χ4n) is 9.74. The molecule has 6 aromatic carbocycles. The van der Waals surface area contributed by atoms with E-state index in [1.54, 1.807) is 0 Å². The maximum atomic E-state index is 6.38. The number of benzene rings is 6. The second kappa shape index (κ2) is 10.7. The number of hydrogen-bond acceptors (Lipinski definition) is 3. The molecule has 3 aromatic heterocycles. The molecule has 0 bridgehead atoms. The molecule has 0 saturated carbocycles. The fraction of sp³-hybridized carbons (Fsp3) is 0.208. The van der Waals surface area contributed by atoms with Crippen molar-refractivity contribution in [1.82, 2.24) is 4.98 Å². The summed E-state index contributed by atoms with van der Waals surface area (Å²) < 4.78 is 9.07. The Morgan fingerprint density at radius 1 is 0.660 bits per heavy atom. The van der Waals surface area contributed by atoms with Gasteiger partial charge < -0.3 is 14.3 Å². The number of rotatable bonds is 2. The van der Waals surface area contributed by atoms with Gasteiger partial charge in [-0.25, -0.2) is 0 Å². The predicted molar refractivity (Wildman–Crippen MR) is 230 cm³/mol. The van der Waals surface area contributed by atoms with E-state index < -0.39 is 0 Å². The summed E-state index contributed by atoms with van der Waals surface area (Å²) in [6.45, 7) is 14.3. The van der Waals surface area contributed by atoms with E-state index in [0.717, 1.165) is 34.9 Å². The molecule has 0 fully saturated rings. The summed E-state index contributed by atoms with van der Waals surface area (Å²) in [5.41, 5.74) is 17.8. The number of nitrogens with zero attached hydrogens (tertiary/aromatic N) is 1. The van der Waals surface area contributed by atoms with Crippen LogP contribution in [0, 0.1) is 13.8 Å². The molecule has 0 radical (unpaired) electrons. The fourth-order valence-corrected chi connectivity index (χ4v) is 10.9. The van der Waals surface area contributed by atoms with Crippen molar-refractivity contribution in [3.8, 4) is 11.1 Å².